The van der Waals surface area contributed by atoms with E-state index in [1.54, 1.807) is 0 Å². The lowest BCUT2D eigenvalue weighted by atomic mass is 9.93. The summed E-state index contributed by atoms with van der Waals surface area (Å²) in [6, 6.07) is 0.128. The number of aliphatic carboxylic acids is 1. The molecule has 2 bridgehead atoms. The van der Waals surface area contributed by atoms with Crippen LogP contribution in [0.15, 0.2) is 0 Å². The molecule has 0 aromatic rings. The molecular weight excluding hydrogens is 202 g/mol. The summed E-state index contributed by atoms with van der Waals surface area (Å²) in [4.78, 5) is 11.2. The molecule has 0 radical (unpaired) electrons. The maximum atomic E-state index is 11.2. The minimum absolute atomic E-state index is 0.343. The van der Waals surface area contributed by atoms with E-state index >= 15 is 0 Å². The Hall–Kier alpha value is -0.570. The second-order valence-corrected chi connectivity index (χ2v) is 5.97. The van der Waals surface area contributed by atoms with Crippen LogP contribution in [-0.4, -0.2) is 23.2 Å². The molecule has 2 saturated carbocycles. The van der Waals surface area contributed by atoms with Gasteiger partial charge in [-0.05, 0) is 43.4 Å². The molecule has 2 fully saturated rings. The molecule has 16 heavy (non-hydrogen) atoms. The first-order valence-corrected chi connectivity index (χ1v) is 6.55. The van der Waals surface area contributed by atoms with Gasteiger partial charge >= 0.3 is 5.97 Å². The molecule has 3 nitrogen and oxygen atoms in total. The fourth-order valence-electron chi connectivity index (χ4n) is 3.42. The number of fused-ring (bicyclic) bond motifs is 2. The van der Waals surface area contributed by atoms with Gasteiger partial charge in [-0.15, -0.1) is 0 Å². The molecule has 0 heterocycles. The van der Waals surface area contributed by atoms with E-state index in [-0.39, 0.29) is 6.04 Å². The molecule has 2 aliphatic carbocycles. The van der Waals surface area contributed by atoms with Crippen molar-refractivity contribution < 1.29 is 9.90 Å². The van der Waals surface area contributed by atoms with Gasteiger partial charge in [0.25, 0.3) is 0 Å². The zero-order valence-electron chi connectivity index (χ0n) is 10.3. The van der Waals surface area contributed by atoms with Gasteiger partial charge in [0, 0.05) is 6.04 Å². The fourth-order valence-corrected chi connectivity index (χ4v) is 3.42. The lowest BCUT2D eigenvalue weighted by Gasteiger charge is -2.27. The Balaban J connectivity index is 1.88. The third kappa shape index (κ3) is 2.57. The number of carbonyl (C=O) groups is 1. The first kappa shape index (κ1) is 11.9. The number of hydrogen-bond donors (Lipinski definition) is 2. The summed E-state index contributed by atoms with van der Waals surface area (Å²) in [6.45, 7) is 4.16. The fraction of sp³-hybridized carbons (Fsp3) is 0.923. The normalized spacial score (nSPS) is 34.6. The zero-order valence-corrected chi connectivity index (χ0v) is 10.3. The first-order chi connectivity index (χ1) is 7.56. The molecule has 3 heteroatoms. The average Bonchev–Trinajstić information content (AvgIpc) is 2.77. The van der Waals surface area contributed by atoms with Crippen LogP contribution in [0.4, 0.5) is 0 Å². The molecule has 0 aliphatic heterocycles. The van der Waals surface area contributed by atoms with Crippen molar-refractivity contribution in [3.8, 4) is 0 Å². The molecule has 92 valence electrons. The summed E-state index contributed by atoms with van der Waals surface area (Å²) in [7, 11) is 0. The molecule has 0 aromatic carbocycles. The highest BCUT2D eigenvalue weighted by Crippen LogP contribution is 2.44. The Labute approximate surface area is 97.6 Å². The van der Waals surface area contributed by atoms with E-state index in [2.05, 4.69) is 19.2 Å². The molecule has 0 amide bonds. The second-order valence-electron chi connectivity index (χ2n) is 5.97. The van der Waals surface area contributed by atoms with Crippen LogP contribution in [-0.2, 0) is 4.79 Å². The second kappa shape index (κ2) is 4.74. The summed E-state index contributed by atoms with van der Waals surface area (Å²) in [5, 5.41) is 12.6. The van der Waals surface area contributed by atoms with Crippen LogP contribution in [0.1, 0.15) is 46.0 Å². The topological polar surface area (TPSA) is 49.3 Å². The van der Waals surface area contributed by atoms with E-state index < -0.39 is 5.97 Å². The minimum Gasteiger partial charge on any atom is -0.480 e. The average molecular weight is 225 g/mol. The van der Waals surface area contributed by atoms with Crippen LogP contribution in [0, 0.1) is 17.8 Å². The molecule has 2 N–H and O–H groups in total. The predicted molar refractivity (Wildman–Crippen MR) is 63.3 cm³/mol. The first-order valence-electron chi connectivity index (χ1n) is 6.55. The SMILES string of the molecule is CC(C)CC(NC1CC2CCC1C2)C(=O)O. The molecule has 0 aromatic heterocycles. The summed E-state index contributed by atoms with van der Waals surface area (Å²) in [5.41, 5.74) is 0. The maximum absolute atomic E-state index is 11.2. The van der Waals surface area contributed by atoms with Crippen molar-refractivity contribution in [3.63, 3.8) is 0 Å². The third-order valence-electron chi connectivity index (χ3n) is 4.16. The quantitative estimate of drug-likeness (QED) is 0.754. The van der Waals surface area contributed by atoms with Crippen molar-refractivity contribution in [3.05, 3.63) is 0 Å². The Morgan fingerprint density at radius 2 is 2.12 bits per heavy atom. The summed E-state index contributed by atoms with van der Waals surface area (Å²) in [6.07, 6.45) is 5.93. The van der Waals surface area contributed by atoms with E-state index in [1.807, 2.05) is 0 Å². The molecule has 0 spiro atoms. The van der Waals surface area contributed by atoms with Gasteiger partial charge in [-0.25, -0.2) is 0 Å². The summed E-state index contributed by atoms with van der Waals surface area (Å²) >= 11 is 0. The Bertz CT molecular complexity index is 265. The number of hydrogen-bond acceptors (Lipinski definition) is 2. The smallest absolute Gasteiger partial charge is 0.320 e. The van der Waals surface area contributed by atoms with Gasteiger partial charge in [-0.1, -0.05) is 20.3 Å². The van der Waals surface area contributed by atoms with Crippen LogP contribution in [0.5, 0.6) is 0 Å². The molecule has 4 unspecified atom stereocenters. The van der Waals surface area contributed by atoms with E-state index in [0.717, 1.165) is 18.3 Å². The molecule has 0 saturated heterocycles. The molecule has 4 atom stereocenters. The summed E-state index contributed by atoms with van der Waals surface area (Å²) in [5.74, 6) is 1.37. The highest BCUT2D eigenvalue weighted by atomic mass is 16.4. The van der Waals surface area contributed by atoms with Crippen molar-refractivity contribution in [1.82, 2.24) is 5.32 Å². The Morgan fingerprint density at radius 3 is 2.56 bits per heavy atom. The largest absolute Gasteiger partial charge is 0.480 e. The van der Waals surface area contributed by atoms with Crippen LogP contribution in [0.3, 0.4) is 0 Å². The standard InChI is InChI=1S/C13H23NO2/c1-8(2)5-12(13(15)16)14-11-7-9-3-4-10(11)6-9/h8-12,14H,3-7H2,1-2H3,(H,15,16). The van der Waals surface area contributed by atoms with Crippen LogP contribution >= 0.6 is 0 Å². The minimum atomic E-state index is -0.684. The van der Waals surface area contributed by atoms with Gasteiger partial charge in [0.2, 0.25) is 0 Å². The van der Waals surface area contributed by atoms with Crippen molar-refractivity contribution in [2.75, 3.05) is 0 Å². The maximum Gasteiger partial charge on any atom is 0.320 e. The van der Waals surface area contributed by atoms with E-state index in [4.69, 9.17) is 0 Å². The van der Waals surface area contributed by atoms with Crippen molar-refractivity contribution in [2.24, 2.45) is 17.8 Å². The Morgan fingerprint density at radius 1 is 1.38 bits per heavy atom. The van der Waals surface area contributed by atoms with Crippen molar-refractivity contribution in [2.45, 2.75) is 58.0 Å². The van der Waals surface area contributed by atoms with Crippen LogP contribution in [0.25, 0.3) is 0 Å². The third-order valence-corrected chi connectivity index (χ3v) is 4.16. The molecular formula is C13H23NO2. The van der Waals surface area contributed by atoms with Gasteiger partial charge in [0.15, 0.2) is 0 Å². The highest BCUT2D eigenvalue weighted by Gasteiger charge is 2.40. The highest BCUT2D eigenvalue weighted by molar-refractivity contribution is 5.73. The number of carboxylic acid groups (broad SMARTS) is 1. The van der Waals surface area contributed by atoms with E-state index in [1.165, 1.54) is 25.7 Å². The van der Waals surface area contributed by atoms with Crippen LogP contribution < -0.4 is 5.32 Å². The predicted octanol–water partition coefficient (Wildman–Crippen LogP) is 2.26. The van der Waals surface area contributed by atoms with E-state index in [9.17, 15) is 9.90 Å². The van der Waals surface area contributed by atoms with Crippen molar-refractivity contribution in [1.29, 1.82) is 0 Å². The number of carboxylic acids is 1. The van der Waals surface area contributed by atoms with Gasteiger partial charge < -0.3 is 10.4 Å². The molecule has 2 aliphatic rings. The van der Waals surface area contributed by atoms with Gasteiger partial charge in [0.05, 0.1) is 0 Å². The van der Waals surface area contributed by atoms with Gasteiger partial charge in [0.1, 0.15) is 6.04 Å². The monoisotopic (exact) mass is 225 g/mol. The van der Waals surface area contributed by atoms with E-state index in [0.29, 0.717) is 12.0 Å². The lowest BCUT2D eigenvalue weighted by molar-refractivity contribution is -0.140. The Kier molecular flexibility index (Phi) is 3.53. The summed E-state index contributed by atoms with van der Waals surface area (Å²) < 4.78 is 0. The lowest BCUT2D eigenvalue weighted by Crippen LogP contribution is -2.46. The molecule has 2 rings (SSSR count). The van der Waals surface area contributed by atoms with Gasteiger partial charge in [-0.2, -0.15) is 0 Å². The zero-order chi connectivity index (χ0) is 11.7. The number of rotatable bonds is 5. The van der Waals surface area contributed by atoms with Crippen LogP contribution in [0.2, 0.25) is 0 Å². The number of nitrogens with one attached hydrogen (secondary N) is 1. The van der Waals surface area contributed by atoms with Crippen molar-refractivity contribution >= 4 is 5.97 Å². The van der Waals surface area contributed by atoms with Gasteiger partial charge in [-0.3, -0.25) is 4.79 Å².